The summed E-state index contributed by atoms with van der Waals surface area (Å²) in [5.74, 6) is 0. The number of urea groups is 1. The van der Waals surface area contributed by atoms with Crippen molar-refractivity contribution in [1.29, 1.82) is 0 Å². The van der Waals surface area contributed by atoms with Crippen LogP contribution in [0.3, 0.4) is 0 Å². The third-order valence-electron chi connectivity index (χ3n) is 2.92. The Labute approximate surface area is 125 Å². The van der Waals surface area contributed by atoms with E-state index in [0.717, 1.165) is 0 Å². The molecule has 0 atom stereocenters. The average molecular weight is 362 g/mol. The summed E-state index contributed by atoms with van der Waals surface area (Å²) < 4.78 is 114. The van der Waals surface area contributed by atoms with Crippen LogP contribution in [0.15, 0.2) is 0 Å². The van der Waals surface area contributed by atoms with Crippen LogP contribution in [-0.4, -0.2) is 47.1 Å². The van der Waals surface area contributed by atoms with E-state index in [1.54, 1.807) is 0 Å². The van der Waals surface area contributed by atoms with Gasteiger partial charge < -0.3 is 10.2 Å². The predicted octanol–water partition coefficient (Wildman–Crippen LogP) is 4.24. The van der Waals surface area contributed by atoms with Crippen molar-refractivity contribution >= 4 is 6.03 Å². The smallest absolute Gasteiger partial charge is 0.320 e. The fourth-order valence-corrected chi connectivity index (χ4v) is 1.98. The van der Waals surface area contributed by atoms with E-state index in [9.17, 15) is 44.3 Å². The molecule has 0 aromatic carbocycles. The molecule has 0 bridgehead atoms. The number of hydrogen-bond donors (Lipinski definition) is 1. The Kier molecular flexibility index (Phi) is 5.90. The molecule has 1 N–H and O–H groups in total. The van der Waals surface area contributed by atoms with E-state index >= 15 is 0 Å². The molecule has 0 saturated heterocycles. The van der Waals surface area contributed by atoms with Gasteiger partial charge in [-0.1, -0.05) is 0 Å². The molecule has 0 saturated carbocycles. The number of rotatable bonds is 3. The van der Waals surface area contributed by atoms with Crippen molar-refractivity contribution < 1.29 is 44.3 Å². The second-order valence-electron chi connectivity index (χ2n) is 5.27. The van der Waals surface area contributed by atoms with E-state index in [1.165, 1.54) is 27.7 Å². The Morgan fingerprint density at radius 2 is 1.00 bits per heavy atom. The van der Waals surface area contributed by atoms with Gasteiger partial charge in [0.25, 0.3) is 0 Å². The minimum atomic E-state index is -6.83. The number of nitrogens with one attached hydrogen (secondary N) is 1. The molecule has 0 rings (SSSR count). The van der Waals surface area contributed by atoms with Crippen molar-refractivity contribution in [3.63, 3.8) is 0 Å². The van der Waals surface area contributed by atoms with Crippen LogP contribution in [0, 0.1) is 0 Å². The molecule has 2 amide bonds. The summed E-state index contributed by atoms with van der Waals surface area (Å²) >= 11 is 0. The predicted molar refractivity (Wildman–Crippen MR) is 61.5 cm³/mol. The van der Waals surface area contributed by atoms with E-state index < -0.39 is 42.2 Å². The van der Waals surface area contributed by atoms with Crippen LogP contribution in [-0.2, 0) is 0 Å². The number of alkyl halides is 9. The van der Waals surface area contributed by atoms with Crippen LogP contribution in [0.4, 0.5) is 44.3 Å². The minimum absolute atomic E-state index is 0.125. The van der Waals surface area contributed by atoms with Crippen molar-refractivity contribution in [1.82, 2.24) is 10.2 Å². The van der Waals surface area contributed by atoms with Gasteiger partial charge in [-0.3, -0.25) is 0 Å². The summed E-state index contributed by atoms with van der Waals surface area (Å²) in [6.45, 7) is 4.93. The van der Waals surface area contributed by atoms with Crippen LogP contribution in [0.1, 0.15) is 27.7 Å². The van der Waals surface area contributed by atoms with Crippen LogP contribution in [0.25, 0.3) is 0 Å². The van der Waals surface area contributed by atoms with Crippen LogP contribution in [0.2, 0.25) is 0 Å². The zero-order chi connectivity index (χ0) is 19.0. The molecule has 0 radical (unpaired) electrons. The molecule has 23 heavy (non-hydrogen) atoms. The van der Waals surface area contributed by atoms with E-state index in [1.807, 2.05) is 0 Å². The van der Waals surface area contributed by atoms with Gasteiger partial charge in [-0.05, 0) is 27.7 Å². The van der Waals surface area contributed by atoms with Crippen LogP contribution >= 0.6 is 0 Å². The third-order valence-corrected chi connectivity index (χ3v) is 2.92. The van der Waals surface area contributed by atoms with Gasteiger partial charge in [0.05, 0.1) is 0 Å². The van der Waals surface area contributed by atoms with Gasteiger partial charge >= 0.3 is 30.1 Å². The highest BCUT2D eigenvalue weighted by atomic mass is 19.4. The SMILES string of the molecule is CC(C)N(C(=O)NC(C(F)(F)F)(C(F)(F)F)C(F)(F)F)C(C)C. The Morgan fingerprint density at radius 1 is 0.739 bits per heavy atom. The minimum Gasteiger partial charge on any atom is -0.320 e. The first-order valence-corrected chi connectivity index (χ1v) is 6.20. The van der Waals surface area contributed by atoms with E-state index in [-0.39, 0.29) is 5.32 Å². The lowest BCUT2D eigenvalue weighted by molar-refractivity contribution is -0.386. The maximum absolute atomic E-state index is 12.7. The molecular weight excluding hydrogens is 347 g/mol. The molecule has 0 fully saturated rings. The Balaban J connectivity index is 6.18. The molecule has 0 unspecified atom stereocenters. The molecule has 0 aliphatic rings. The lowest BCUT2D eigenvalue weighted by Gasteiger charge is -2.41. The molecule has 12 heteroatoms. The normalized spacial score (nSPS) is 14.4. The van der Waals surface area contributed by atoms with Gasteiger partial charge in [-0.2, -0.15) is 39.5 Å². The summed E-state index contributed by atoms with van der Waals surface area (Å²) in [6, 6.07) is -3.98. The van der Waals surface area contributed by atoms with Gasteiger partial charge in [-0.15, -0.1) is 0 Å². The topological polar surface area (TPSA) is 32.3 Å². The zero-order valence-electron chi connectivity index (χ0n) is 12.4. The lowest BCUT2D eigenvalue weighted by atomic mass is 9.97. The molecule has 0 heterocycles. The number of carbonyl (C=O) groups is 1. The fraction of sp³-hybridized carbons (Fsp3) is 0.909. The monoisotopic (exact) mass is 362 g/mol. The highest BCUT2D eigenvalue weighted by molar-refractivity contribution is 5.76. The summed E-state index contributed by atoms with van der Waals surface area (Å²) in [4.78, 5) is 12.1. The number of carbonyl (C=O) groups excluding carboxylic acids is 1. The quantitative estimate of drug-likeness (QED) is 0.749. The molecule has 3 nitrogen and oxygen atoms in total. The largest absolute Gasteiger partial charge is 0.429 e. The van der Waals surface area contributed by atoms with Gasteiger partial charge in [-0.25, -0.2) is 4.79 Å². The maximum atomic E-state index is 12.7. The standard InChI is InChI=1S/C11H15F9N2O/c1-5(2)22(6(3)4)7(23)21-8(9(12,13)14,10(15,16)17)11(18,19)20/h5-6H,1-4H3,(H,21,23). The average Bonchev–Trinajstić information content (AvgIpc) is 2.18. The van der Waals surface area contributed by atoms with Crippen LogP contribution < -0.4 is 5.32 Å². The highest BCUT2D eigenvalue weighted by Gasteiger charge is 2.85. The number of amides is 2. The van der Waals surface area contributed by atoms with E-state index in [2.05, 4.69) is 0 Å². The van der Waals surface area contributed by atoms with Crippen molar-refractivity contribution in [2.75, 3.05) is 0 Å². The van der Waals surface area contributed by atoms with Crippen molar-refractivity contribution in [3.05, 3.63) is 0 Å². The zero-order valence-corrected chi connectivity index (χ0v) is 12.4. The molecule has 0 aliphatic carbocycles. The summed E-state index contributed by atoms with van der Waals surface area (Å²) in [6.07, 6.45) is -20.5. The number of hydrogen-bond acceptors (Lipinski definition) is 1. The summed E-state index contributed by atoms with van der Waals surface area (Å²) in [7, 11) is 0. The van der Waals surface area contributed by atoms with Crippen molar-refractivity contribution in [2.45, 2.75) is 63.8 Å². The molecular formula is C11H15F9N2O. The van der Waals surface area contributed by atoms with Gasteiger partial charge in [0.2, 0.25) is 0 Å². The first-order valence-electron chi connectivity index (χ1n) is 6.20. The van der Waals surface area contributed by atoms with Crippen molar-refractivity contribution in [3.8, 4) is 0 Å². The second kappa shape index (κ2) is 6.27. The summed E-state index contributed by atoms with van der Waals surface area (Å²) in [5.41, 5.74) is -6.36. The number of nitrogens with zero attached hydrogens (tertiary/aromatic N) is 1. The van der Waals surface area contributed by atoms with Crippen LogP contribution in [0.5, 0.6) is 0 Å². The van der Waals surface area contributed by atoms with Gasteiger partial charge in [0.1, 0.15) is 0 Å². The van der Waals surface area contributed by atoms with Gasteiger partial charge in [0, 0.05) is 12.1 Å². The Morgan fingerprint density at radius 3 is 1.17 bits per heavy atom. The molecule has 0 aliphatic heterocycles. The van der Waals surface area contributed by atoms with Gasteiger partial charge in [0.15, 0.2) is 0 Å². The summed E-state index contributed by atoms with van der Waals surface area (Å²) in [5, 5.41) is 0.125. The highest BCUT2D eigenvalue weighted by Crippen LogP contribution is 2.52. The fourth-order valence-electron chi connectivity index (χ4n) is 1.98. The molecule has 0 aromatic rings. The van der Waals surface area contributed by atoms with E-state index in [0.29, 0.717) is 4.90 Å². The first kappa shape index (κ1) is 21.6. The lowest BCUT2D eigenvalue weighted by Crippen LogP contribution is -2.76. The molecule has 0 spiro atoms. The molecule has 0 aromatic heterocycles. The Hall–Kier alpha value is -1.36. The number of halogens is 9. The second-order valence-corrected chi connectivity index (χ2v) is 5.27. The molecule has 138 valence electrons. The Bertz CT molecular complexity index is 379. The first-order chi connectivity index (χ1) is 9.90. The van der Waals surface area contributed by atoms with E-state index in [4.69, 9.17) is 0 Å². The van der Waals surface area contributed by atoms with Crippen molar-refractivity contribution in [2.24, 2.45) is 0 Å². The maximum Gasteiger partial charge on any atom is 0.429 e. The third kappa shape index (κ3) is 3.94.